The van der Waals surface area contributed by atoms with E-state index in [2.05, 4.69) is 0 Å². The zero-order chi connectivity index (χ0) is 11.4. The molecule has 0 aliphatic carbocycles. The Morgan fingerprint density at radius 2 is 1.87 bits per heavy atom. The minimum atomic E-state index is -0.508. The van der Waals surface area contributed by atoms with Gasteiger partial charge in [0, 0.05) is 9.13 Å². The number of hydrogen-bond donors (Lipinski definition) is 1. The maximum Gasteiger partial charge on any atom is 0.189 e. The molecule has 0 saturated heterocycles. The van der Waals surface area contributed by atoms with E-state index in [0.29, 0.717) is 17.1 Å². The minimum Gasteiger partial charge on any atom is -0.493 e. The third kappa shape index (κ3) is 2.60. The molecule has 0 radical (unpaired) electrons. The fourth-order valence-electron chi connectivity index (χ4n) is 1.15. The van der Waals surface area contributed by atoms with E-state index in [9.17, 15) is 4.79 Å². The summed E-state index contributed by atoms with van der Waals surface area (Å²) in [7, 11) is 3.03. The van der Waals surface area contributed by atoms with Crippen LogP contribution in [0.4, 0.5) is 0 Å². The predicted molar refractivity (Wildman–Crippen MR) is 63.7 cm³/mol. The molecule has 0 unspecified atom stereocenters. The summed E-state index contributed by atoms with van der Waals surface area (Å²) in [6.45, 7) is -0.508. The SMILES string of the molecule is COc1cc(I)c(C(=O)CO)cc1OC. The lowest BCUT2D eigenvalue weighted by atomic mass is 10.1. The third-order valence-corrected chi connectivity index (χ3v) is 2.81. The van der Waals surface area contributed by atoms with E-state index >= 15 is 0 Å². The molecule has 5 heteroatoms. The van der Waals surface area contributed by atoms with Crippen molar-refractivity contribution in [2.24, 2.45) is 0 Å². The summed E-state index contributed by atoms with van der Waals surface area (Å²) < 4.78 is 10.9. The lowest BCUT2D eigenvalue weighted by Gasteiger charge is -2.10. The molecule has 0 amide bonds. The van der Waals surface area contributed by atoms with Gasteiger partial charge in [-0.1, -0.05) is 0 Å². The van der Waals surface area contributed by atoms with Crippen LogP contribution in [-0.4, -0.2) is 31.7 Å². The normalized spacial score (nSPS) is 9.87. The van der Waals surface area contributed by atoms with Gasteiger partial charge in [0.15, 0.2) is 17.3 Å². The molecule has 0 spiro atoms. The van der Waals surface area contributed by atoms with Crippen molar-refractivity contribution in [2.75, 3.05) is 20.8 Å². The number of Topliss-reactive ketones (excluding diaryl/α,β-unsaturated/α-hetero) is 1. The zero-order valence-electron chi connectivity index (χ0n) is 8.41. The highest BCUT2D eigenvalue weighted by molar-refractivity contribution is 14.1. The highest BCUT2D eigenvalue weighted by Crippen LogP contribution is 2.31. The van der Waals surface area contributed by atoms with Gasteiger partial charge in [-0.3, -0.25) is 4.79 Å². The highest BCUT2D eigenvalue weighted by atomic mass is 127. The Balaban J connectivity index is 3.25. The Bertz CT molecular complexity index is 376. The summed E-state index contributed by atoms with van der Waals surface area (Å²) in [5.74, 6) is 0.714. The van der Waals surface area contributed by atoms with Gasteiger partial charge in [-0.25, -0.2) is 0 Å². The van der Waals surface area contributed by atoms with Gasteiger partial charge in [-0.05, 0) is 34.7 Å². The number of halogens is 1. The van der Waals surface area contributed by atoms with Gasteiger partial charge in [0.2, 0.25) is 0 Å². The standard InChI is InChI=1S/C10H11IO4/c1-14-9-3-6(8(13)5-12)7(11)4-10(9)15-2/h3-4,12H,5H2,1-2H3. The summed E-state index contributed by atoms with van der Waals surface area (Å²) in [6, 6.07) is 3.27. The first-order valence-corrected chi connectivity index (χ1v) is 5.27. The quantitative estimate of drug-likeness (QED) is 0.674. The van der Waals surface area contributed by atoms with Crippen LogP contribution in [-0.2, 0) is 0 Å². The molecule has 0 heterocycles. The van der Waals surface area contributed by atoms with E-state index in [1.165, 1.54) is 14.2 Å². The van der Waals surface area contributed by atoms with Crippen LogP contribution in [0, 0.1) is 3.57 Å². The molecule has 4 nitrogen and oxygen atoms in total. The Morgan fingerprint density at radius 1 is 1.33 bits per heavy atom. The molecule has 1 N–H and O–H groups in total. The Morgan fingerprint density at radius 3 is 2.33 bits per heavy atom. The van der Waals surface area contributed by atoms with Gasteiger partial charge in [-0.15, -0.1) is 0 Å². The van der Waals surface area contributed by atoms with Crippen LogP contribution in [0.5, 0.6) is 11.5 Å². The first kappa shape index (κ1) is 12.3. The number of methoxy groups -OCH3 is 2. The lowest BCUT2D eigenvalue weighted by molar-refractivity contribution is 0.0902. The molecule has 1 aromatic rings. The molecule has 0 aromatic heterocycles. The second kappa shape index (κ2) is 5.32. The number of ketones is 1. The number of aliphatic hydroxyl groups is 1. The van der Waals surface area contributed by atoms with E-state index in [-0.39, 0.29) is 5.78 Å². The van der Waals surface area contributed by atoms with Gasteiger partial charge in [0.05, 0.1) is 14.2 Å². The van der Waals surface area contributed by atoms with E-state index in [4.69, 9.17) is 14.6 Å². The number of benzene rings is 1. The third-order valence-electron chi connectivity index (χ3n) is 1.92. The molecule has 0 fully saturated rings. The fourth-order valence-corrected chi connectivity index (χ4v) is 1.89. The van der Waals surface area contributed by atoms with Gasteiger partial charge in [0.25, 0.3) is 0 Å². The predicted octanol–water partition coefficient (Wildman–Crippen LogP) is 1.48. The number of hydrogen-bond acceptors (Lipinski definition) is 4. The zero-order valence-corrected chi connectivity index (χ0v) is 10.6. The van der Waals surface area contributed by atoms with Crippen molar-refractivity contribution in [2.45, 2.75) is 0 Å². The fraction of sp³-hybridized carbons (Fsp3) is 0.300. The molecule has 15 heavy (non-hydrogen) atoms. The van der Waals surface area contributed by atoms with Crippen molar-refractivity contribution in [3.05, 3.63) is 21.3 Å². The number of aliphatic hydroxyl groups excluding tert-OH is 1. The first-order valence-electron chi connectivity index (χ1n) is 4.19. The van der Waals surface area contributed by atoms with Gasteiger partial charge in [0.1, 0.15) is 6.61 Å². The molecule has 0 aliphatic heterocycles. The Labute approximate surface area is 101 Å². The van der Waals surface area contributed by atoms with Crippen molar-refractivity contribution < 1.29 is 19.4 Å². The van der Waals surface area contributed by atoms with Crippen LogP contribution in [0.15, 0.2) is 12.1 Å². The van der Waals surface area contributed by atoms with Gasteiger partial charge in [-0.2, -0.15) is 0 Å². The summed E-state index contributed by atoms with van der Waals surface area (Å²) >= 11 is 2.01. The number of carbonyl (C=O) groups excluding carboxylic acids is 1. The molecular weight excluding hydrogens is 311 g/mol. The van der Waals surface area contributed by atoms with Crippen LogP contribution in [0.3, 0.4) is 0 Å². The van der Waals surface area contributed by atoms with Crippen LogP contribution in [0.25, 0.3) is 0 Å². The number of carbonyl (C=O) groups is 1. The average molecular weight is 322 g/mol. The first-order chi connectivity index (χ1) is 7.13. The van der Waals surface area contributed by atoms with Gasteiger partial charge >= 0.3 is 0 Å². The molecule has 0 saturated carbocycles. The van der Waals surface area contributed by atoms with Crippen LogP contribution in [0.2, 0.25) is 0 Å². The molecule has 82 valence electrons. The van der Waals surface area contributed by atoms with Crippen LogP contribution < -0.4 is 9.47 Å². The second-order valence-electron chi connectivity index (χ2n) is 2.77. The van der Waals surface area contributed by atoms with Crippen LogP contribution >= 0.6 is 22.6 Å². The largest absolute Gasteiger partial charge is 0.493 e. The maximum absolute atomic E-state index is 11.4. The van der Waals surface area contributed by atoms with Crippen molar-refractivity contribution in [3.63, 3.8) is 0 Å². The summed E-state index contributed by atoms with van der Waals surface area (Å²) in [4.78, 5) is 11.4. The van der Waals surface area contributed by atoms with E-state index in [1.54, 1.807) is 12.1 Å². The average Bonchev–Trinajstić information content (AvgIpc) is 2.27. The monoisotopic (exact) mass is 322 g/mol. The van der Waals surface area contributed by atoms with Crippen molar-refractivity contribution >= 4 is 28.4 Å². The summed E-state index contributed by atoms with van der Waals surface area (Å²) in [5, 5.41) is 8.78. The molecule has 0 bridgehead atoms. The summed E-state index contributed by atoms with van der Waals surface area (Å²) in [6.07, 6.45) is 0. The smallest absolute Gasteiger partial charge is 0.189 e. The second-order valence-corrected chi connectivity index (χ2v) is 3.93. The Hall–Kier alpha value is -0.820. The lowest BCUT2D eigenvalue weighted by Crippen LogP contribution is -2.07. The van der Waals surface area contributed by atoms with E-state index < -0.39 is 6.61 Å². The maximum atomic E-state index is 11.4. The minimum absolute atomic E-state index is 0.333. The van der Waals surface area contributed by atoms with Gasteiger partial charge < -0.3 is 14.6 Å². The van der Waals surface area contributed by atoms with Crippen molar-refractivity contribution in [3.8, 4) is 11.5 Å². The van der Waals surface area contributed by atoms with Crippen molar-refractivity contribution in [1.29, 1.82) is 0 Å². The number of ether oxygens (including phenoxy) is 2. The molecule has 0 atom stereocenters. The summed E-state index contributed by atoms with van der Waals surface area (Å²) in [5.41, 5.74) is 0.441. The van der Waals surface area contributed by atoms with E-state index in [0.717, 1.165) is 3.57 Å². The molecule has 1 aromatic carbocycles. The van der Waals surface area contributed by atoms with E-state index in [1.807, 2.05) is 22.6 Å². The highest BCUT2D eigenvalue weighted by Gasteiger charge is 2.14. The van der Waals surface area contributed by atoms with Crippen molar-refractivity contribution in [1.82, 2.24) is 0 Å². The molecule has 1 rings (SSSR count). The topological polar surface area (TPSA) is 55.8 Å². The number of rotatable bonds is 4. The van der Waals surface area contributed by atoms with Crippen LogP contribution in [0.1, 0.15) is 10.4 Å². The molecular formula is C10H11IO4. The molecule has 0 aliphatic rings. The Kier molecular flexibility index (Phi) is 4.34.